The van der Waals surface area contributed by atoms with Crippen LogP contribution in [-0.4, -0.2) is 17.1 Å². The van der Waals surface area contributed by atoms with Crippen molar-refractivity contribution >= 4 is 5.82 Å². The fraction of sp³-hybridized carbons (Fsp3) is 0.333. The molecule has 0 spiro atoms. The summed E-state index contributed by atoms with van der Waals surface area (Å²) in [5.41, 5.74) is 6.63. The zero-order valence-corrected chi connectivity index (χ0v) is 12.3. The number of aromatic nitrogens is 2. The van der Waals surface area contributed by atoms with Crippen LogP contribution in [0.4, 0.5) is 5.82 Å². The van der Waals surface area contributed by atoms with E-state index in [9.17, 15) is 0 Å². The molecule has 2 aromatic rings. The lowest BCUT2D eigenvalue weighted by Crippen LogP contribution is -2.13. The van der Waals surface area contributed by atoms with E-state index in [1.165, 1.54) is 0 Å². The number of aryl methyl sites for hydroxylation is 2. The average molecular weight is 272 g/mol. The molecular formula is C15H20N4O. The van der Waals surface area contributed by atoms with Gasteiger partial charge in [0.15, 0.2) is 5.82 Å². The summed E-state index contributed by atoms with van der Waals surface area (Å²) in [5, 5.41) is 0. The Hall–Kier alpha value is -2.14. The third kappa shape index (κ3) is 2.58. The van der Waals surface area contributed by atoms with E-state index in [2.05, 4.69) is 22.3 Å². The number of methoxy groups -OCH3 is 1. The van der Waals surface area contributed by atoms with Gasteiger partial charge in [0.2, 0.25) is 0 Å². The first-order chi connectivity index (χ1) is 9.60. The maximum Gasteiger partial charge on any atom is 0.161 e. The Morgan fingerprint density at radius 3 is 2.55 bits per heavy atom. The summed E-state index contributed by atoms with van der Waals surface area (Å²) in [5.74, 6) is 7.73. The van der Waals surface area contributed by atoms with Gasteiger partial charge in [0, 0.05) is 16.8 Å². The smallest absolute Gasteiger partial charge is 0.161 e. The first kappa shape index (κ1) is 14.3. The van der Waals surface area contributed by atoms with Crippen molar-refractivity contribution in [1.29, 1.82) is 0 Å². The second-order valence-electron chi connectivity index (χ2n) is 4.65. The molecule has 0 atom stereocenters. The topological polar surface area (TPSA) is 73.1 Å². The van der Waals surface area contributed by atoms with Crippen molar-refractivity contribution < 1.29 is 4.74 Å². The molecule has 0 fully saturated rings. The normalized spacial score (nSPS) is 10.4. The fourth-order valence-corrected chi connectivity index (χ4v) is 2.19. The molecule has 1 heterocycles. The summed E-state index contributed by atoms with van der Waals surface area (Å²) >= 11 is 0. The molecule has 0 bridgehead atoms. The predicted octanol–water partition coefficient (Wildman–Crippen LogP) is 2.62. The number of nitrogens with one attached hydrogen (secondary N) is 1. The Kier molecular flexibility index (Phi) is 4.20. The predicted molar refractivity (Wildman–Crippen MR) is 80.7 cm³/mol. The van der Waals surface area contributed by atoms with Crippen molar-refractivity contribution in [3.8, 4) is 17.1 Å². The molecule has 5 heteroatoms. The molecule has 0 aliphatic carbocycles. The lowest BCUT2D eigenvalue weighted by Gasteiger charge is -2.12. The van der Waals surface area contributed by atoms with E-state index in [4.69, 9.17) is 10.6 Å². The van der Waals surface area contributed by atoms with Gasteiger partial charge in [-0.2, -0.15) is 0 Å². The van der Waals surface area contributed by atoms with E-state index in [0.717, 1.165) is 34.6 Å². The minimum atomic E-state index is 0.667. The van der Waals surface area contributed by atoms with E-state index < -0.39 is 0 Å². The summed E-state index contributed by atoms with van der Waals surface area (Å²) < 4.78 is 5.27. The lowest BCUT2D eigenvalue weighted by molar-refractivity contribution is 0.412. The van der Waals surface area contributed by atoms with Gasteiger partial charge in [-0.1, -0.05) is 6.92 Å². The molecule has 0 saturated carbocycles. The third-order valence-corrected chi connectivity index (χ3v) is 3.37. The van der Waals surface area contributed by atoms with Crippen LogP contribution in [0.5, 0.6) is 5.75 Å². The highest BCUT2D eigenvalue weighted by Crippen LogP contribution is 2.26. The summed E-state index contributed by atoms with van der Waals surface area (Å²) in [6.07, 6.45) is 0.838. The minimum Gasteiger partial charge on any atom is -0.496 e. The van der Waals surface area contributed by atoms with Gasteiger partial charge in [-0.25, -0.2) is 15.8 Å². The van der Waals surface area contributed by atoms with Crippen LogP contribution < -0.4 is 16.0 Å². The molecule has 0 amide bonds. The molecule has 1 aromatic heterocycles. The molecule has 0 saturated heterocycles. The van der Waals surface area contributed by atoms with E-state index in [-0.39, 0.29) is 0 Å². The van der Waals surface area contributed by atoms with Crippen LogP contribution >= 0.6 is 0 Å². The van der Waals surface area contributed by atoms with Gasteiger partial charge < -0.3 is 10.2 Å². The van der Waals surface area contributed by atoms with Crippen LogP contribution in [0.1, 0.15) is 23.7 Å². The largest absolute Gasteiger partial charge is 0.496 e. The SMILES string of the molecule is CCc1nc(-c2ccc(OC)c(C)c2)nc(NN)c1C. The third-order valence-electron chi connectivity index (χ3n) is 3.37. The van der Waals surface area contributed by atoms with Crippen LogP contribution in [0.2, 0.25) is 0 Å². The molecule has 106 valence electrons. The minimum absolute atomic E-state index is 0.667. The van der Waals surface area contributed by atoms with Crippen LogP contribution in [0.25, 0.3) is 11.4 Å². The van der Waals surface area contributed by atoms with Crippen molar-refractivity contribution in [3.63, 3.8) is 0 Å². The second-order valence-corrected chi connectivity index (χ2v) is 4.65. The van der Waals surface area contributed by atoms with E-state index in [1.54, 1.807) is 7.11 Å². The maximum absolute atomic E-state index is 5.54. The number of hydrazine groups is 1. The van der Waals surface area contributed by atoms with Crippen molar-refractivity contribution in [1.82, 2.24) is 9.97 Å². The summed E-state index contributed by atoms with van der Waals surface area (Å²) in [7, 11) is 1.66. The monoisotopic (exact) mass is 272 g/mol. The lowest BCUT2D eigenvalue weighted by atomic mass is 10.1. The molecule has 3 N–H and O–H groups in total. The molecule has 2 rings (SSSR count). The number of benzene rings is 1. The number of ether oxygens (including phenoxy) is 1. The standard InChI is InChI=1S/C15H20N4O/c1-5-12-10(3)14(19-16)18-15(17-12)11-6-7-13(20-4)9(2)8-11/h6-8H,5,16H2,1-4H3,(H,17,18,19). The first-order valence-corrected chi connectivity index (χ1v) is 6.59. The van der Waals surface area contributed by atoms with Crippen LogP contribution in [-0.2, 0) is 6.42 Å². The number of hydrogen-bond donors (Lipinski definition) is 2. The molecule has 0 aliphatic heterocycles. The van der Waals surface area contributed by atoms with E-state index in [1.807, 2.05) is 32.0 Å². The highest BCUT2D eigenvalue weighted by atomic mass is 16.5. The molecule has 0 radical (unpaired) electrons. The van der Waals surface area contributed by atoms with Crippen molar-refractivity contribution in [2.75, 3.05) is 12.5 Å². The maximum atomic E-state index is 5.54. The second kappa shape index (κ2) is 5.88. The van der Waals surface area contributed by atoms with Gasteiger partial charge in [0.05, 0.1) is 7.11 Å². The summed E-state index contributed by atoms with van der Waals surface area (Å²) in [6, 6.07) is 5.90. The molecule has 0 aliphatic rings. The Bertz CT molecular complexity index is 600. The number of hydrogen-bond acceptors (Lipinski definition) is 5. The van der Waals surface area contributed by atoms with Crippen LogP contribution in [0, 0.1) is 13.8 Å². The van der Waals surface area contributed by atoms with Crippen LogP contribution in [0.15, 0.2) is 18.2 Å². The van der Waals surface area contributed by atoms with E-state index >= 15 is 0 Å². The molecule has 5 nitrogen and oxygen atoms in total. The van der Waals surface area contributed by atoms with Crippen molar-refractivity contribution in [2.45, 2.75) is 27.2 Å². The van der Waals surface area contributed by atoms with Crippen LogP contribution in [0.3, 0.4) is 0 Å². The zero-order valence-electron chi connectivity index (χ0n) is 12.3. The number of rotatable bonds is 4. The van der Waals surface area contributed by atoms with E-state index in [0.29, 0.717) is 11.6 Å². The average Bonchev–Trinajstić information content (AvgIpc) is 2.47. The molecule has 0 unspecified atom stereocenters. The van der Waals surface area contributed by atoms with Gasteiger partial charge in [-0.15, -0.1) is 0 Å². The van der Waals surface area contributed by atoms with Gasteiger partial charge in [-0.05, 0) is 44.0 Å². The first-order valence-electron chi connectivity index (χ1n) is 6.59. The fourth-order valence-electron chi connectivity index (χ4n) is 2.19. The van der Waals surface area contributed by atoms with Crippen molar-refractivity contribution in [3.05, 3.63) is 35.0 Å². The van der Waals surface area contributed by atoms with Gasteiger partial charge in [0.25, 0.3) is 0 Å². The number of nitrogen functional groups attached to an aromatic ring is 1. The highest BCUT2D eigenvalue weighted by Gasteiger charge is 2.11. The number of nitrogens with two attached hydrogens (primary N) is 1. The Morgan fingerprint density at radius 2 is 2.00 bits per heavy atom. The van der Waals surface area contributed by atoms with Crippen molar-refractivity contribution in [2.24, 2.45) is 5.84 Å². The molecule has 1 aromatic carbocycles. The highest BCUT2D eigenvalue weighted by molar-refractivity contribution is 5.62. The molecule has 20 heavy (non-hydrogen) atoms. The Balaban J connectivity index is 2.54. The summed E-state index contributed by atoms with van der Waals surface area (Å²) in [4.78, 5) is 9.10. The number of nitrogens with zero attached hydrogens (tertiary/aromatic N) is 2. The Morgan fingerprint density at radius 1 is 1.25 bits per heavy atom. The Labute approximate surface area is 119 Å². The number of anilines is 1. The zero-order chi connectivity index (χ0) is 14.7. The summed E-state index contributed by atoms with van der Waals surface area (Å²) in [6.45, 7) is 6.04. The van der Waals surface area contributed by atoms with Gasteiger partial charge in [-0.3, -0.25) is 0 Å². The van der Waals surface area contributed by atoms with Gasteiger partial charge >= 0.3 is 0 Å². The van der Waals surface area contributed by atoms with Gasteiger partial charge in [0.1, 0.15) is 11.6 Å². The quantitative estimate of drug-likeness (QED) is 0.661. The molecular weight excluding hydrogens is 252 g/mol.